The number of aryl methyl sites for hydroxylation is 3. The summed E-state index contributed by atoms with van der Waals surface area (Å²) in [4.78, 5) is 4.53. The van der Waals surface area contributed by atoms with E-state index in [1.807, 2.05) is 59.2 Å². The van der Waals surface area contributed by atoms with Crippen LogP contribution in [0.2, 0.25) is 0 Å². The largest absolute Gasteiger partial charge is 0.310 e. The second-order valence-corrected chi connectivity index (χ2v) is 9.47. The van der Waals surface area contributed by atoms with Gasteiger partial charge in [0, 0.05) is 0 Å². The lowest BCUT2D eigenvalue weighted by Crippen LogP contribution is -2.15. The number of para-hydroxylation sites is 2. The van der Waals surface area contributed by atoms with Crippen LogP contribution in [0.1, 0.15) is 27.8 Å². The van der Waals surface area contributed by atoms with Crippen LogP contribution in [0.4, 0.5) is 0 Å². The third-order valence-corrected chi connectivity index (χ3v) is 6.84. The van der Waals surface area contributed by atoms with Crippen molar-refractivity contribution in [1.29, 1.82) is 0 Å². The smallest absolute Gasteiger partial charge is 0.229 e. The predicted octanol–water partition coefficient (Wildman–Crippen LogP) is 4.98. The molecule has 1 heterocycles. The molecule has 0 radical (unpaired) electrons. The lowest BCUT2D eigenvalue weighted by molar-refractivity contribution is 0.574. The minimum absolute atomic E-state index is 0.0664. The Morgan fingerprint density at radius 1 is 0.862 bits per heavy atom. The fraction of sp³-hybridized carbons (Fsp3) is 0.208. The summed E-state index contributed by atoms with van der Waals surface area (Å²) in [6.45, 7) is 6.70. The first-order valence-corrected chi connectivity index (χ1v) is 11.3. The Labute approximate surface area is 171 Å². The third-order valence-electron chi connectivity index (χ3n) is 5.25. The fourth-order valence-corrected chi connectivity index (χ4v) is 5.42. The summed E-state index contributed by atoms with van der Waals surface area (Å²) >= 11 is 0. The molecule has 0 aliphatic heterocycles. The molecule has 29 heavy (non-hydrogen) atoms. The van der Waals surface area contributed by atoms with Crippen LogP contribution in [-0.2, 0) is 22.1 Å². The number of rotatable bonds is 5. The molecule has 0 fully saturated rings. The SMILES string of the molecule is Cc1cc(C)c(Cn2c(S(=O)(=O)Cc3ccccc3)nc3ccccc32)c(C)c1. The van der Waals surface area contributed by atoms with E-state index in [4.69, 9.17) is 0 Å². The standard InChI is InChI=1S/C24H24N2O2S/c1-17-13-18(2)21(19(3)14-17)15-26-23-12-8-7-11-22(23)25-24(26)29(27,28)16-20-9-5-4-6-10-20/h4-14H,15-16H2,1-3H3. The van der Waals surface area contributed by atoms with Crippen molar-refractivity contribution in [2.24, 2.45) is 0 Å². The average molecular weight is 405 g/mol. The van der Waals surface area contributed by atoms with E-state index in [0.717, 1.165) is 27.8 Å². The van der Waals surface area contributed by atoms with Gasteiger partial charge in [0.25, 0.3) is 0 Å². The summed E-state index contributed by atoms with van der Waals surface area (Å²) in [7, 11) is -3.61. The maximum Gasteiger partial charge on any atom is 0.229 e. The lowest BCUT2D eigenvalue weighted by atomic mass is 10.00. The van der Waals surface area contributed by atoms with Crippen molar-refractivity contribution in [2.45, 2.75) is 38.2 Å². The summed E-state index contributed by atoms with van der Waals surface area (Å²) in [6, 6.07) is 21.1. The molecule has 0 amide bonds. The first kappa shape index (κ1) is 19.4. The molecule has 0 aliphatic carbocycles. The maximum absolute atomic E-state index is 13.3. The van der Waals surface area contributed by atoms with E-state index >= 15 is 0 Å². The molecular formula is C24H24N2O2S. The van der Waals surface area contributed by atoms with Crippen molar-refractivity contribution >= 4 is 20.9 Å². The molecule has 0 N–H and O–H groups in total. The number of hydrogen-bond donors (Lipinski definition) is 0. The zero-order valence-corrected chi connectivity index (χ0v) is 17.7. The Morgan fingerprint density at radius 2 is 1.48 bits per heavy atom. The highest BCUT2D eigenvalue weighted by Crippen LogP contribution is 2.26. The van der Waals surface area contributed by atoms with E-state index in [0.29, 0.717) is 12.1 Å². The Bertz CT molecular complexity index is 1270. The van der Waals surface area contributed by atoms with Gasteiger partial charge in [-0.3, -0.25) is 0 Å². The van der Waals surface area contributed by atoms with E-state index in [1.165, 1.54) is 5.56 Å². The Kier molecular flexibility index (Phi) is 5.01. The van der Waals surface area contributed by atoms with Gasteiger partial charge in [0.05, 0.1) is 23.3 Å². The molecule has 1 aromatic heterocycles. The van der Waals surface area contributed by atoms with Crippen LogP contribution >= 0.6 is 0 Å². The van der Waals surface area contributed by atoms with E-state index in [-0.39, 0.29) is 10.9 Å². The number of benzene rings is 3. The maximum atomic E-state index is 13.3. The second-order valence-electron chi connectivity index (χ2n) is 7.59. The Hall–Kier alpha value is -2.92. The summed E-state index contributed by atoms with van der Waals surface area (Å²) in [6.07, 6.45) is 0. The normalized spacial score (nSPS) is 11.8. The number of hydrogen-bond acceptors (Lipinski definition) is 3. The monoisotopic (exact) mass is 404 g/mol. The quantitative estimate of drug-likeness (QED) is 0.471. The molecule has 0 saturated heterocycles. The van der Waals surface area contributed by atoms with Crippen LogP contribution in [0.15, 0.2) is 71.9 Å². The zero-order chi connectivity index (χ0) is 20.6. The highest BCUT2D eigenvalue weighted by atomic mass is 32.2. The fourth-order valence-electron chi connectivity index (χ4n) is 3.92. The number of nitrogens with zero attached hydrogens (tertiary/aromatic N) is 2. The minimum atomic E-state index is -3.61. The highest BCUT2D eigenvalue weighted by molar-refractivity contribution is 7.90. The molecule has 4 rings (SSSR count). The molecule has 3 aromatic carbocycles. The van der Waals surface area contributed by atoms with Gasteiger partial charge in [0.15, 0.2) is 0 Å². The molecule has 4 aromatic rings. The number of imidazole rings is 1. The van der Waals surface area contributed by atoms with Crippen molar-refractivity contribution in [3.05, 3.63) is 94.5 Å². The summed E-state index contributed by atoms with van der Waals surface area (Å²) in [5.41, 5.74) is 6.94. The van der Waals surface area contributed by atoms with E-state index in [2.05, 4.69) is 37.9 Å². The Morgan fingerprint density at radius 3 is 2.17 bits per heavy atom. The van der Waals surface area contributed by atoms with E-state index < -0.39 is 9.84 Å². The van der Waals surface area contributed by atoms with Crippen LogP contribution in [-0.4, -0.2) is 18.0 Å². The predicted molar refractivity (Wildman–Crippen MR) is 117 cm³/mol. The molecule has 0 unspecified atom stereocenters. The number of aromatic nitrogens is 2. The molecule has 0 aliphatic rings. The minimum Gasteiger partial charge on any atom is -0.310 e. The van der Waals surface area contributed by atoms with Crippen LogP contribution in [0.25, 0.3) is 11.0 Å². The average Bonchev–Trinajstić information content (AvgIpc) is 3.04. The highest BCUT2D eigenvalue weighted by Gasteiger charge is 2.25. The molecule has 4 nitrogen and oxygen atoms in total. The van der Waals surface area contributed by atoms with Crippen molar-refractivity contribution in [3.8, 4) is 0 Å². The van der Waals surface area contributed by atoms with Crippen LogP contribution in [0.5, 0.6) is 0 Å². The second kappa shape index (κ2) is 7.48. The lowest BCUT2D eigenvalue weighted by Gasteiger charge is -2.15. The summed E-state index contributed by atoms with van der Waals surface area (Å²) in [5.74, 6) is -0.0664. The molecule has 148 valence electrons. The van der Waals surface area contributed by atoms with Crippen molar-refractivity contribution in [3.63, 3.8) is 0 Å². The first-order chi connectivity index (χ1) is 13.8. The van der Waals surface area contributed by atoms with Gasteiger partial charge in [-0.05, 0) is 55.2 Å². The topological polar surface area (TPSA) is 52.0 Å². The third kappa shape index (κ3) is 3.83. The summed E-state index contributed by atoms with van der Waals surface area (Å²) < 4.78 is 28.5. The van der Waals surface area contributed by atoms with Gasteiger partial charge in [-0.25, -0.2) is 13.4 Å². The molecule has 0 saturated carbocycles. The van der Waals surface area contributed by atoms with E-state index in [9.17, 15) is 8.42 Å². The van der Waals surface area contributed by atoms with Crippen LogP contribution in [0.3, 0.4) is 0 Å². The first-order valence-electron chi connectivity index (χ1n) is 9.64. The van der Waals surface area contributed by atoms with Gasteiger partial charge >= 0.3 is 0 Å². The van der Waals surface area contributed by atoms with Crippen LogP contribution in [0, 0.1) is 20.8 Å². The van der Waals surface area contributed by atoms with E-state index in [1.54, 1.807) is 0 Å². The number of sulfone groups is 1. The van der Waals surface area contributed by atoms with Gasteiger partial charge in [0.1, 0.15) is 0 Å². The molecule has 0 bridgehead atoms. The number of fused-ring (bicyclic) bond motifs is 1. The van der Waals surface area contributed by atoms with Gasteiger partial charge < -0.3 is 4.57 Å². The van der Waals surface area contributed by atoms with Crippen molar-refractivity contribution in [2.75, 3.05) is 0 Å². The van der Waals surface area contributed by atoms with Crippen LogP contribution < -0.4 is 0 Å². The van der Waals surface area contributed by atoms with Gasteiger partial charge in [-0.2, -0.15) is 0 Å². The Balaban J connectivity index is 1.86. The summed E-state index contributed by atoms with van der Waals surface area (Å²) in [5, 5.41) is 0.127. The van der Waals surface area contributed by atoms with Crippen molar-refractivity contribution in [1.82, 2.24) is 9.55 Å². The zero-order valence-electron chi connectivity index (χ0n) is 16.9. The molecular weight excluding hydrogens is 380 g/mol. The van der Waals surface area contributed by atoms with Gasteiger partial charge in [-0.1, -0.05) is 60.2 Å². The molecule has 0 atom stereocenters. The molecule has 0 spiro atoms. The molecule has 5 heteroatoms. The van der Waals surface area contributed by atoms with Crippen molar-refractivity contribution < 1.29 is 8.42 Å². The van der Waals surface area contributed by atoms with Gasteiger partial charge in [0.2, 0.25) is 15.0 Å². The van der Waals surface area contributed by atoms with Gasteiger partial charge in [-0.15, -0.1) is 0 Å².